The molecule has 0 unspecified atom stereocenters. The van der Waals surface area contributed by atoms with Crippen LogP contribution < -0.4 is 5.32 Å². The van der Waals surface area contributed by atoms with Crippen molar-refractivity contribution in [1.82, 2.24) is 10.2 Å². The smallest absolute Gasteiger partial charge is 0.245 e. The van der Waals surface area contributed by atoms with Crippen molar-refractivity contribution >= 4 is 11.7 Å². The van der Waals surface area contributed by atoms with E-state index in [0.717, 1.165) is 19.4 Å². The van der Waals surface area contributed by atoms with Gasteiger partial charge in [0.1, 0.15) is 5.54 Å². The van der Waals surface area contributed by atoms with Crippen LogP contribution in [0, 0.1) is 5.41 Å². The second kappa shape index (κ2) is 3.98. The van der Waals surface area contributed by atoms with Gasteiger partial charge in [-0.25, -0.2) is 0 Å². The third kappa shape index (κ3) is 1.89. The molecule has 4 heteroatoms. The number of carbonyl (C=O) groups is 1. The third-order valence-electron chi connectivity index (χ3n) is 2.69. The van der Waals surface area contributed by atoms with Crippen LogP contribution in [0.15, 0.2) is 0 Å². The molecule has 1 aliphatic heterocycles. The molecule has 1 fully saturated rings. The quantitative estimate of drug-likeness (QED) is 0.708. The highest BCUT2D eigenvalue weighted by Gasteiger charge is 2.37. The SMILES string of the molecule is CCNC(=O)C(C)(C)N1CCCC1=N. The summed E-state index contributed by atoms with van der Waals surface area (Å²) in [6.07, 6.45) is 1.78. The van der Waals surface area contributed by atoms with E-state index in [-0.39, 0.29) is 5.91 Å². The van der Waals surface area contributed by atoms with Crippen molar-refractivity contribution in [3.05, 3.63) is 0 Å². The fraction of sp³-hybridized carbons (Fsp3) is 0.800. The number of amides is 1. The third-order valence-corrected chi connectivity index (χ3v) is 2.69. The van der Waals surface area contributed by atoms with Crippen LogP contribution in [0.5, 0.6) is 0 Å². The number of amidine groups is 1. The lowest BCUT2D eigenvalue weighted by Crippen LogP contribution is -2.55. The lowest BCUT2D eigenvalue weighted by atomic mass is 10.0. The highest BCUT2D eigenvalue weighted by molar-refractivity contribution is 5.92. The van der Waals surface area contributed by atoms with Gasteiger partial charge < -0.3 is 10.2 Å². The van der Waals surface area contributed by atoms with E-state index in [1.165, 1.54) is 0 Å². The van der Waals surface area contributed by atoms with Gasteiger partial charge in [-0.1, -0.05) is 0 Å². The van der Waals surface area contributed by atoms with E-state index in [1.807, 2.05) is 25.7 Å². The molecule has 0 radical (unpaired) electrons. The van der Waals surface area contributed by atoms with Gasteiger partial charge >= 0.3 is 0 Å². The van der Waals surface area contributed by atoms with E-state index in [4.69, 9.17) is 5.41 Å². The van der Waals surface area contributed by atoms with Crippen molar-refractivity contribution in [3.8, 4) is 0 Å². The van der Waals surface area contributed by atoms with Gasteiger partial charge in [0.25, 0.3) is 0 Å². The zero-order chi connectivity index (χ0) is 10.8. The van der Waals surface area contributed by atoms with Crippen LogP contribution in [-0.4, -0.2) is 35.3 Å². The van der Waals surface area contributed by atoms with Crippen LogP contribution in [0.2, 0.25) is 0 Å². The number of likely N-dealkylation sites (tertiary alicyclic amines) is 1. The number of rotatable bonds is 3. The molecule has 1 amide bonds. The summed E-state index contributed by atoms with van der Waals surface area (Å²) in [4.78, 5) is 13.6. The lowest BCUT2D eigenvalue weighted by molar-refractivity contribution is -0.129. The predicted octanol–water partition coefficient (Wildman–Crippen LogP) is 0.974. The van der Waals surface area contributed by atoms with E-state index in [1.54, 1.807) is 0 Å². The van der Waals surface area contributed by atoms with Crippen molar-refractivity contribution in [2.75, 3.05) is 13.1 Å². The molecule has 1 heterocycles. The molecule has 0 aromatic carbocycles. The molecule has 14 heavy (non-hydrogen) atoms. The molecule has 0 saturated carbocycles. The molecule has 80 valence electrons. The Balaban J connectivity index is 2.72. The van der Waals surface area contributed by atoms with Gasteiger partial charge in [-0.3, -0.25) is 10.2 Å². The number of likely N-dealkylation sites (N-methyl/N-ethyl adjacent to an activating group) is 1. The van der Waals surface area contributed by atoms with Gasteiger partial charge in [0, 0.05) is 19.5 Å². The van der Waals surface area contributed by atoms with Gasteiger partial charge in [0.15, 0.2) is 0 Å². The standard InChI is InChI=1S/C10H19N3O/c1-4-12-9(14)10(2,3)13-7-5-6-8(13)11/h11H,4-7H2,1-3H3,(H,12,14). The van der Waals surface area contributed by atoms with Crippen LogP contribution >= 0.6 is 0 Å². The van der Waals surface area contributed by atoms with E-state index >= 15 is 0 Å². The van der Waals surface area contributed by atoms with Crippen LogP contribution in [0.4, 0.5) is 0 Å². The van der Waals surface area contributed by atoms with Crippen molar-refractivity contribution in [2.24, 2.45) is 0 Å². The first-order valence-corrected chi connectivity index (χ1v) is 5.13. The fourth-order valence-corrected chi connectivity index (χ4v) is 1.79. The Labute approximate surface area is 85.2 Å². The van der Waals surface area contributed by atoms with Gasteiger partial charge in [-0.2, -0.15) is 0 Å². The number of nitrogens with one attached hydrogen (secondary N) is 2. The molecule has 0 aliphatic carbocycles. The maximum absolute atomic E-state index is 11.7. The molecule has 1 saturated heterocycles. The number of hydrogen-bond acceptors (Lipinski definition) is 2. The minimum absolute atomic E-state index is 0.00616. The molecule has 0 spiro atoms. The first kappa shape index (κ1) is 11.0. The summed E-state index contributed by atoms with van der Waals surface area (Å²) in [7, 11) is 0. The van der Waals surface area contributed by atoms with E-state index < -0.39 is 5.54 Å². The molecule has 4 nitrogen and oxygen atoms in total. The monoisotopic (exact) mass is 197 g/mol. The van der Waals surface area contributed by atoms with Crippen LogP contribution in [0.1, 0.15) is 33.6 Å². The Morgan fingerprint density at radius 3 is 2.71 bits per heavy atom. The Hall–Kier alpha value is -1.06. The van der Waals surface area contributed by atoms with Crippen LogP contribution in [0.25, 0.3) is 0 Å². The largest absolute Gasteiger partial charge is 0.354 e. The molecule has 1 rings (SSSR count). The zero-order valence-electron chi connectivity index (χ0n) is 9.18. The summed E-state index contributed by atoms with van der Waals surface area (Å²) in [5, 5.41) is 10.5. The molecule has 0 atom stereocenters. The molecule has 0 aromatic heterocycles. The lowest BCUT2D eigenvalue weighted by Gasteiger charge is -2.35. The molecule has 0 bridgehead atoms. The highest BCUT2D eigenvalue weighted by Crippen LogP contribution is 2.22. The summed E-state index contributed by atoms with van der Waals surface area (Å²) in [5.74, 6) is 0.591. The van der Waals surface area contributed by atoms with Crippen molar-refractivity contribution in [2.45, 2.75) is 39.2 Å². The Morgan fingerprint density at radius 1 is 1.64 bits per heavy atom. The highest BCUT2D eigenvalue weighted by atomic mass is 16.2. The van der Waals surface area contributed by atoms with Crippen molar-refractivity contribution in [1.29, 1.82) is 5.41 Å². The van der Waals surface area contributed by atoms with Gasteiger partial charge in [-0.05, 0) is 27.2 Å². The maximum atomic E-state index is 11.7. The maximum Gasteiger partial charge on any atom is 0.245 e. The van der Waals surface area contributed by atoms with E-state index in [9.17, 15) is 4.79 Å². The first-order chi connectivity index (χ1) is 6.50. The van der Waals surface area contributed by atoms with E-state index in [0.29, 0.717) is 12.4 Å². The van der Waals surface area contributed by atoms with Gasteiger partial charge in [-0.15, -0.1) is 0 Å². The minimum Gasteiger partial charge on any atom is -0.354 e. The average Bonchev–Trinajstić information content (AvgIpc) is 2.52. The predicted molar refractivity (Wildman–Crippen MR) is 56.4 cm³/mol. The Bertz CT molecular complexity index is 248. The molecular weight excluding hydrogens is 178 g/mol. The Kier molecular flexibility index (Phi) is 3.13. The van der Waals surface area contributed by atoms with Crippen LogP contribution in [-0.2, 0) is 4.79 Å². The van der Waals surface area contributed by atoms with Crippen LogP contribution in [0.3, 0.4) is 0 Å². The average molecular weight is 197 g/mol. The van der Waals surface area contributed by atoms with Crippen molar-refractivity contribution in [3.63, 3.8) is 0 Å². The first-order valence-electron chi connectivity index (χ1n) is 5.13. The fourth-order valence-electron chi connectivity index (χ4n) is 1.79. The number of nitrogens with zero attached hydrogens (tertiary/aromatic N) is 1. The summed E-state index contributed by atoms with van der Waals surface area (Å²) in [6.45, 7) is 7.12. The number of carbonyl (C=O) groups excluding carboxylic acids is 1. The molecule has 2 N–H and O–H groups in total. The number of hydrogen-bond donors (Lipinski definition) is 2. The molecule has 1 aliphatic rings. The second-order valence-electron chi connectivity index (χ2n) is 4.12. The molecular formula is C10H19N3O. The minimum atomic E-state index is -0.580. The summed E-state index contributed by atoms with van der Waals surface area (Å²) < 4.78 is 0. The Morgan fingerprint density at radius 2 is 2.29 bits per heavy atom. The zero-order valence-corrected chi connectivity index (χ0v) is 9.18. The summed E-state index contributed by atoms with van der Waals surface area (Å²) >= 11 is 0. The topological polar surface area (TPSA) is 56.2 Å². The second-order valence-corrected chi connectivity index (χ2v) is 4.12. The summed E-state index contributed by atoms with van der Waals surface area (Å²) in [5.41, 5.74) is -0.580. The van der Waals surface area contributed by atoms with Gasteiger partial charge in [0.2, 0.25) is 5.91 Å². The van der Waals surface area contributed by atoms with Crippen molar-refractivity contribution < 1.29 is 4.79 Å². The van der Waals surface area contributed by atoms with Gasteiger partial charge in [0.05, 0.1) is 5.84 Å². The molecule has 0 aromatic rings. The normalized spacial score (nSPS) is 17.4. The summed E-state index contributed by atoms with van der Waals surface area (Å²) in [6, 6.07) is 0. The van der Waals surface area contributed by atoms with E-state index in [2.05, 4.69) is 5.32 Å².